The van der Waals surface area contributed by atoms with E-state index in [1.54, 1.807) is 0 Å². The van der Waals surface area contributed by atoms with Gasteiger partial charge in [-0.1, -0.05) is 12.1 Å². The lowest BCUT2D eigenvalue weighted by molar-refractivity contribution is 0.672. The average Bonchev–Trinajstić information content (AvgIpc) is 2.86. The topological polar surface area (TPSA) is 81.1 Å². The molecule has 0 spiro atoms. The highest BCUT2D eigenvalue weighted by atomic mass is 35.5. The first-order valence-electron chi connectivity index (χ1n) is 6.28. The van der Waals surface area contributed by atoms with E-state index in [4.69, 9.17) is 11.5 Å². The molecule has 2 heterocycles. The van der Waals surface area contributed by atoms with Crippen LogP contribution < -0.4 is 16.4 Å². The van der Waals surface area contributed by atoms with E-state index in [-0.39, 0.29) is 12.4 Å². The Morgan fingerprint density at radius 1 is 1.21 bits per heavy atom. The number of benzene rings is 1. The maximum atomic E-state index is 6.03. The fraction of sp³-hybridized carbons (Fsp3) is 0.385. The molecule has 5 nitrogen and oxygen atoms in total. The molecule has 19 heavy (non-hydrogen) atoms. The Balaban J connectivity index is 0.00000133. The molecule has 1 aliphatic heterocycles. The van der Waals surface area contributed by atoms with E-state index in [1.165, 1.54) is 0 Å². The maximum Gasteiger partial charge on any atom is 0.172 e. The lowest BCUT2D eigenvalue weighted by Gasteiger charge is -2.25. The molecule has 4 N–H and O–H groups in total. The molecule has 0 bridgehead atoms. The van der Waals surface area contributed by atoms with Crippen LogP contribution in [0.15, 0.2) is 24.3 Å². The number of nitrogens with zero attached hydrogens (tertiary/aromatic N) is 3. The van der Waals surface area contributed by atoms with Gasteiger partial charge >= 0.3 is 0 Å². The molecule has 6 heteroatoms. The van der Waals surface area contributed by atoms with Gasteiger partial charge < -0.3 is 16.4 Å². The molecule has 0 aliphatic carbocycles. The van der Waals surface area contributed by atoms with Crippen molar-refractivity contribution in [2.75, 3.05) is 23.7 Å². The number of aromatic nitrogens is 2. The Morgan fingerprint density at radius 2 is 1.89 bits per heavy atom. The fourth-order valence-electron chi connectivity index (χ4n) is 2.58. The minimum absolute atomic E-state index is 0. The molecular formula is C13H18ClN5. The van der Waals surface area contributed by atoms with Crippen LogP contribution in [-0.4, -0.2) is 29.1 Å². The molecule has 3 rings (SSSR count). The second-order valence-electron chi connectivity index (χ2n) is 4.65. The third-order valence-corrected chi connectivity index (χ3v) is 3.50. The molecule has 1 aliphatic rings. The van der Waals surface area contributed by atoms with Gasteiger partial charge in [-0.3, -0.25) is 0 Å². The van der Waals surface area contributed by atoms with Crippen molar-refractivity contribution in [2.24, 2.45) is 5.73 Å². The summed E-state index contributed by atoms with van der Waals surface area (Å²) in [4.78, 5) is 11.2. The molecular weight excluding hydrogens is 262 g/mol. The summed E-state index contributed by atoms with van der Waals surface area (Å²) in [6.45, 7) is 1.59. The molecule has 0 amide bonds. The zero-order valence-electron chi connectivity index (χ0n) is 10.6. The quantitative estimate of drug-likeness (QED) is 0.872. The zero-order valence-corrected chi connectivity index (χ0v) is 11.4. The van der Waals surface area contributed by atoms with E-state index in [1.807, 2.05) is 24.3 Å². The molecule has 2 aromatic rings. The van der Waals surface area contributed by atoms with Gasteiger partial charge in [0, 0.05) is 19.1 Å². The molecule has 1 atom stereocenters. The van der Waals surface area contributed by atoms with E-state index in [2.05, 4.69) is 14.9 Å². The maximum absolute atomic E-state index is 6.03. The van der Waals surface area contributed by atoms with Gasteiger partial charge in [-0.15, -0.1) is 12.4 Å². The Kier molecular flexibility index (Phi) is 4.07. The third-order valence-electron chi connectivity index (χ3n) is 3.50. The number of halogens is 1. The van der Waals surface area contributed by atoms with Crippen LogP contribution in [0.1, 0.15) is 12.8 Å². The van der Waals surface area contributed by atoms with E-state index in [0.717, 1.165) is 36.2 Å². The number of para-hydroxylation sites is 2. The van der Waals surface area contributed by atoms with E-state index < -0.39 is 0 Å². The van der Waals surface area contributed by atoms with Gasteiger partial charge in [-0.05, 0) is 25.0 Å². The molecule has 1 aromatic carbocycles. The number of hydrogen-bond donors (Lipinski definition) is 2. The summed E-state index contributed by atoms with van der Waals surface area (Å²) in [7, 11) is 0. The standard InChI is InChI=1S/C13H17N5.ClH/c14-8-9-4-3-7-18(9)13-12(15)16-10-5-1-2-6-11(10)17-13;/h1-2,5-6,9H,3-4,7-8,14H2,(H2,15,16);1H. The van der Waals surface area contributed by atoms with Crippen LogP contribution in [0.3, 0.4) is 0 Å². The molecule has 1 fully saturated rings. The molecule has 1 aromatic heterocycles. The first kappa shape index (κ1) is 13.8. The van der Waals surface area contributed by atoms with Crippen LogP contribution in [0.4, 0.5) is 11.6 Å². The normalized spacial score (nSPS) is 18.6. The monoisotopic (exact) mass is 279 g/mol. The number of nitrogen functional groups attached to an aromatic ring is 1. The van der Waals surface area contributed by atoms with E-state index in [9.17, 15) is 0 Å². The Hall–Kier alpha value is -1.59. The van der Waals surface area contributed by atoms with Gasteiger partial charge in [0.1, 0.15) is 0 Å². The van der Waals surface area contributed by atoms with Crippen LogP contribution in [0.5, 0.6) is 0 Å². The predicted molar refractivity (Wildman–Crippen MR) is 80.6 cm³/mol. The van der Waals surface area contributed by atoms with Crippen molar-refractivity contribution in [2.45, 2.75) is 18.9 Å². The number of fused-ring (bicyclic) bond motifs is 1. The fourth-order valence-corrected chi connectivity index (χ4v) is 2.58. The van der Waals surface area contributed by atoms with Crippen LogP contribution in [0.25, 0.3) is 11.0 Å². The van der Waals surface area contributed by atoms with Crippen LogP contribution in [-0.2, 0) is 0 Å². The van der Waals surface area contributed by atoms with Crippen molar-refractivity contribution < 1.29 is 0 Å². The lowest BCUT2D eigenvalue weighted by atomic mass is 10.2. The number of nitrogens with two attached hydrogens (primary N) is 2. The first-order chi connectivity index (χ1) is 8.79. The van der Waals surface area contributed by atoms with Gasteiger partial charge in [0.25, 0.3) is 0 Å². The Labute approximate surface area is 118 Å². The molecule has 0 radical (unpaired) electrons. The van der Waals surface area contributed by atoms with Gasteiger partial charge in [0.2, 0.25) is 0 Å². The summed E-state index contributed by atoms with van der Waals surface area (Å²) in [5.41, 5.74) is 13.5. The van der Waals surface area contributed by atoms with E-state index in [0.29, 0.717) is 18.4 Å². The average molecular weight is 280 g/mol. The minimum Gasteiger partial charge on any atom is -0.381 e. The SMILES string of the molecule is Cl.NCC1CCCN1c1nc2ccccc2nc1N. The second kappa shape index (κ2) is 5.59. The summed E-state index contributed by atoms with van der Waals surface area (Å²) >= 11 is 0. The smallest absolute Gasteiger partial charge is 0.172 e. The van der Waals surface area contributed by atoms with Gasteiger partial charge in [-0.2, -0.15) is 0 Å². The number of hydrogen-bond acceptors (Lipinski definition) is 5. The molecule has 1 unspecified atom stereocenters. The van der Waals surface area contributed by atoms with Crippen LogP contribution in [0.2, 0.25) is 0 Å². The highest BCUT2D eigenvalue weighted by molar-refractivity contribution is 5.85. The minimum atomic E-state index is 0. The molecule has 1 saturated heterocycles. The Bertz CT molecular complexity index is 574. The van der Waals surface area contributed by atoms with Crippen molar-refractivity contribution in [3.63, 3.8) is 0 Å². The highest BCUT2D eigenvalue weighted by Crippen LogP contribution is 2.28. The molecule has 102 valence electrons. The lowest BCUT2D eigenvalue weighted by Crippen LogP contribution is -2.36. The zero-order chi connectivity index (χ0) is 12.5. The Morgan fingerprint density at radius 3 is 2.58 bits per heavy atom. The van der Waals surface area contributed by atoms with E-state index >= 15 is 0 Å². The van der Waals surface area contributed by atoms with Crippen molar-refractivity contribution >= 4 is 35.1 Å². The van der Waals surface area contributed by atoms with Gasteiger partial charge in [-0.25, -0.2) is 9.97 Å². The number of anilines is 2. The van der Waals surface area contributed by atoms with Crippen LogP contribution >= 0.6 is 12.4 Å². The van der Waals surface area contributed by atoms with Crippen LogP contribution in [0, 0.1) is 0 Å². The largest absolute Gasteiger partial charge is 0.381 e. The van der Waals surface area contributed by atoms with Crippen molar-refractivity contribution in [3.8, 4) is 0 Å². The number of rotatable bonds is 2. The summed E-state index contributed by atoms with van der Waals surface area (Å²) < 4.78 is 0. The highest BCUT2D eigenvalue weighted by Gasteiger charge is 2.26. The van der Waals surface area contributed by atoms with Crippen molar-refractivity contribution in [1.29, 1.82) is 0 Å². The molecule has 0 saturated carbocycles. The van der Waals surface area contributed by atoms with Gasteiger partial charge in [0.15, 0.2) is 11.6 Å². The van der Waals surface area contributed by atoms with Gasteiger partial charge in [0.05, 0.1) is 11.0 Å². The summed E-state index contributed by atoms with van der Waals surface area (Å²) in [5, 5.41) is 0. The first-order valence-corrected chi connectivity index (χ1v) is 6.28. The van der Waals surface area contributed by atoms with Crippen molar-refractivity contribution in [3.05, 3.63) is 24.3 Å². The predicted octanol–water partition coefficient (Wildman–Crippen LogP) is 1.56. The summed E-state index contributed by atoms with van der Waals surface area (Å²) in [5.74, 6) is 1.27. The van der Waals surface area contributed by atoms with Crippen molar-refractivity contribution in [1.82, 2.24) is 9.97 Å². The second-order valence-corrected chi connectivity index (χ2v) is 4.65. The summed E-state index contributed by atoms with van der Waals surface area (Å²) in [6.07, 6.45) is 2.24. The third kappa shape index (κ3) is 2.43. The summed E-state index contributed by atoms with van der Waals surface area (Å²) in [6, 6.07) is 8.12.